The number of hydrogen-bond acceptors (Lipinski definition) is 5. The molecule has 7 heteroatoms. The van der Waals surface area contributed by atoms with E-state index in [0.717, 1.165) is 21.3 Å². The van der Waals surface area contributed by atoms with E-state index in [4.69, 9.17) is 21.7 Å². The van der Waals surface area contributed by atoms with E-state index in [1.165, 1.54) is 17.3 Å². The van der Waals surface area contributed by atoms with Gasteiger partial charge >= 0.3 is 0 Å². The van der Waals surface area contributed by atoms with Gasteiger partial charge in [-0.15, -0.1) is 0 Å². The van der Waals surface area contributed by atoms with Crippen LogP contribution in [-0.2, 0) is 11.4 Å². The number of ether oxygens (including phenoxy) is 2. The maximum absolute atomic E-state index is 13.0. The zero-order chi connectivity index (χ0) is 22.7. The second kappa shape index (κ2) is 9.90. The lowest BCUT2D eigenvalue weighted by atomic mass is 10.1. The summed E-state index contributed by atoms with van der Waals surface area (Å²) in [7, 11) is 1.60. The third kappa shape index (κ3) is 4.90. The maximum Gasteiger partial charge on any atom is 0.270 e. The van der Waals surface area contributed by atoms with Crippen LogP contribution in [0, 0.1) is 6.92 Å². The summed E-state index contributed by atoms with van der Waals surface area (Å²) in [6, 6.07) is 21.4. The topological polar surface area (TPSA) is 38.8 Å². The minimum absolute atomic E-state index is 0.138. The van der Waals surface area contributed by atoms with E-state index < -0.39 is 0 Å². The van der Waals surface area contributed by atoms with Crippen LogP contribution in [-0.4, -0.2) is 17.3 Å². The summed E-state index contributed by atoms with van der Waals surface area (Å²) in [5.41, 5.74) is 3.84. The van der Waals surface area contributed by atoms with E-state index in [2.05, 4.69) is 35.0 Å². The molecule has 0 bridgehead atoms. The van der Waals surface area contributed by atoms with Crippen LogP contribution >= 0.6 is 39.9 Å². The van der Waals surface area contributed by atoms with Crippen LogP contribution in [0.1, 0.15) is 16.7 Å². The Labute approximate surface area is 205 Å². The number of nitrogens with zero attached hydrogens (tertiary/aromatic N) is 1. The second-order valence-corrected chi connectivity index (χ2v) is 9.69. The van der Waals surface area contributed by atoms with Gasteiger partial charge in [-0.25, -0.2) is 0 Å². The van der Waals surface area contributed by atoms with E-state index in [1.54, 1.807) is 12.0 Å². The number of hydrogen-bond donors (Lipinski definition) is 0. The Kier molecular flexibility index (Phi) is 6.98. The molecule has 0 aromatic heterocycles. The lowest BCUT2D eigenvalue weighted by Gasteiger charge is -2.14. The highest BCUT2D eigenvalue weighted by atomic mass is 79.9. The summed E-state index contributed by atoms with van der Waals surface area (Å²) < 4.78 is 12.8. The van der Waals surface area contributed by atoms with Gasteiger partial charge in [0.1, 0.15) is 6.61 Å². The third-order valence-electron chi connectivity index (χ3n) is 4.86. The minimum Gasteiger partial charge on any atom is -0.493 e. The molecule has 1 amide bonds. The number of para-hydroxylation sites is 1. The number of rotatable bonds is 6. The van der Waals surface area contributed by atoms with Crippen molar-refractivity contribution in [3.8, 4) is 11.5 Å². The Bertz CT molecular complexity index is 1190. The predicted octanol–water partition coefficient (Wildman–Crippen LogP) is 6.75. The van der Waals surface area contributed by atoms with Crippen molar-refractivity contribution in [2.24, 2.45) is 0 Å². The Morgan fingerprint density at radius 2 is 1.81 bits per heavy atom. The van der Waals surface area contributed by atoms with Crippen molar-refractivity contribution < 1.29 is 14.3 Å². The smallest absolute Gasteiger partial charge is 0.270 e. The summed E-state index contributed by atoms with van der Waals surface area (Å²) in [5, 5.41) is 0. The number of thioether (sulfide) groups is 1. The standard InChI is InChI=1S/C25H20BrNO3S2/c1-16-8-10-17(11-9-16)15-30-23-20(26)12-18(13-21(23)29-2)14-22-24(28)27(25(31)32-22)19-6-4-3-5-7-19/h3-14H,15H2,1-2H3/b22-14+. The number of amides is 1. The molecule has 3 aromatic rings. The van der Waals surface area contributed by atoms with E-state index in [0.29, 0.717) is 27.3 Å². The number of methoxy groups -OCH3 is 1. The first kappa shape index (κ1) is 22.6. The monoisotopic (exact) mass is 525 g/mol. The Balaban J connectivity index is 1.57. The first-order valence-electron chi connectivity index (χ1n) is 9.85. The van der Waals surface area contributed by atoms with Crippen LogP contribution in [0.15, 0.2) is 76.1 Å². The largest absolute Gasteiger partial charge is 0.493 e. The molecule has 162 valence electrons. The Hall–Kier alpha value is -2.61. The van der Waals surface area contributed by atoms with Crippen molar-refractivity contribution in [3.05, 3.63) is 92.8 Å². The van der Waals surface area contributed by atoms with Crippen LogP contribution < -0.4 is 14.4 Å². The molecule has 0 atom stereocenters. The van der Waals surface area contributed by atoms with E-state index in [9.17, 15) is 4.79 Å². The maximum atomic E-state index is 13.0. The highest BCUT2D eigenvalue weighted by Gasteiger charge is 2.33. The molecule has 3 aromatic carbocycles. The lowest BCUT2D eigenvalue weighted by molar-refractivity contribution is -0.113. The summed E-state index contributed by atoms with van der Waals surface area (Å²) in [4.78, 5) is 15.1. The SMILES string of the molecule is COc1cc(/C=C2/SC(=S)N(c3ccccc3)C2=O)cc(Br)c1OCc1ccc(C)cc1. The summed E-state index contributed by atoms with van der Waals surface area (Å²) >= 11 is 10.3. The molecule has 0 spiro atoms. The first-order valence-corrected chi connectivity index (χ1v) is 11.9. The summed E-state index contributed by atoms with van der Waals surface area (Å²) in [5.74, 6) is 1.05. The molecular formula is C25H20BrNO3S2. The van der Waals surface area contributed by atoms with E-state index >= 15 is 0 Å². The van der Waals surface area contributed by atoms with E-state index in [1.807, 2.05) is 60.7 Å². The molecule has 1 saturated heterocycles. The normalized spacial score (nSPS) is 14.8. The van der Waals surface area contributed by atoms with Crippen LogP contribution in [0.4, 0.5) is 5.69 Å². The molecule has 1 aliphatic rings. The average Bonchev–Trinajstić information content (AvgIpc) is 3.07. The van der Waals surface area contributed by atoms with Crippen molar-refractivity contribution in [2.45, 2.75) is 13.5 Å². The quantitative estimate of drug-likeness (QED) is 0.263. The summed E-state index contributed by atoms with van der Waals surface area (Å²) in [6.45, 7) is 2.47. The van der Waals surface area contributed by atoms with Gasteiger partial charge in [-0.05, 0) is 64.3 Å². The van der Waals surface area contributed by atoms with Gasteiger partial charge in [-0.2, -0.15) is 0 Å². The molecule has 1 heterocycles. The van der Waals surface area contributed by atoms with Gasteiger partial charge in [0, 0.05) is 0 Å². The number of anilines is 1. The predicted molar refractivity (Wildman–Crippen MR) is 138 cm³/mol. The van der Waals surface area contributed by atoms with Crippen molar-refractivity contribution in [1.82, 2.24) is 0 Å². The molecule has 32 heavy (non-hydrogen) atoms. The molecule has 0 aliphatic carbocycles. The third-order valence-corrected chi connectivity index (χ3v) is 6.75. The van der Waals surface area contributed by atoms with Gasteiger partial charge in [0.15, 0.2) is 15.8 Å². The average molecular weight is 526 g/mol. The number of aryl methyl sites for hydroxylation is 1. The lowest BCUT2D eigenvalue weighted by Crippen LogP contribution is -2.27. The summed E-state index contributed by atoms with van der Waals surface area (Å²) in [6.07, 6.45) is 1.82. The molecular weight excluding hydrogens is 506 g/mol. The fourth-order valence-corrected chi connectivity index (χ4v) is 5.09. The van der Waals surface area contributed by atoms with Gasteiger partial charge in [-0.3, -0.25) is 9.69 Å². The Morgan fingerprint density at radius 3 is 2.50 bits per heavy atom. The van der Waals surface area contributed by atoms with Crippen molar-refractivity contribution in [1.29, 1.82) is 0 Å². The first-order chi connectivity index (χ1) is 15.5. The van der Waals surface area contributed by atoms with Crippen molar-refractivity contribution in [2.75, 3.05) is 12.0 Å². The fourth-order valence-electron chi connectivity index (χ4n) is 3.22. The van der Waals surface area contributed by atoms with Gasteiger partial charge in [0.2, 0.25) is 0 Å². The molecule has 0 saturated carbocycles. The highest BCUT2D eigenvalue weighted by Crippen LogP contribution is 2.40. The van der Waals surface area contributed by atoms with Gasteiger partial charge < -0.3 is 9.47 Å². The van der Waals surface area contributed by atoms with Crippen LogP contribution in [0.25, 0.3) is 6.08 Å². The van der Waals surface area contributed by atoms with Crippen LogP contribution in [0.2, 0.25) is 0 Å². The van der Waals surface area contributed by atoms with Crippen LogP contribution in [0.5, 0.6) is 11.5 Å². The minimum atomic E-state index is -0.138. The van der Waals surface area contributed by atoms with Gasteiger partial charge in [0.05, 0.1) is 22.2 Å². The zero-order valence-corrected chi connectivity index (χ0v) is 20.7. The molecule has 1 fully saturated rings. The molecule has 0 N–H and O–H groups in total. The number of carbonyl (C=O) groups is 1. The fraction of sp³-hybridized carbons (Fsp3) is 0.120. The number of halogens is 1. The van der Waals surface area contributed by atoms with E-state index in [-0.39, 0.29) is 5.91 Å². The van der Waals surface area contributed by atoms with Crippen LogP contribution in [0.3, 0.4) is 0 Å². The van der Waals surface area contributed by atoms with Gasteiger partial charge in [0.25, 0.3) is 5.91 Å². The van der Waals surface area contributed by atoms with Crippen molar-refractivity contribution >= 4 is 61.9 Å². The zero-order valence-electron chi connectivity index (χ0n) is 17.5. The van der Waals surface area contributed by atoms with Gasteiger partial charge in [-0.1, -0.05) is 72.0 Å². The number of benzene rings is 3. The van der Waals surface area contributed by atoms with Crippen molar-refractivity contribution in [3.63, 3.8) is 0 Å². The Morgan fingerprint density at radius 1 is 1.09 bits per heavy atom. The molecule has 0 unspecified atom stereocenters. The highest BCUT2D eigenvalue weighted by molar-refractivity contribution is 9.10. The second-order valence-electron chi connectivity index (χ2n) is 7.16. The molecule has 4 nitrogen and oxygen atoms in total. The number of thiocarbonyl (C=S) groups is 1. The molecule has 1 aliphatic heterocycles. The molecule has 4 rings (SSSR count). The molecule has 0 radical (unpaired) electrons. The number of carbonyl (C=O) groups excluding carboxylic acids is 1.